The Labute approximate surface area is 114 Å². The third-order valence-corrected chi connectivity index (χ3v) is 3.54. The molecule has 0 saturated heterocycles. The highest BCUT2D eigenvalue weighted by Gasteiger charge is 2.34. The summed E-state index contributed by atoms with van der Waals surface area (Å²) in [5.74, 6) is -0.136. The zero-order chi connectivity index (χ0) is 14.1. The molecular weight excluding hydrogens is 240 g/mol. The number of hydrogen-bond acceptors (Lipinski definition) is 3. The number of imidazole rings is 1. The molecule has 1 heterocycles. The number of hydrogen-bond donors (Lipinski definition) is 1. The van der Waals surface area contributed by atoms with Crippen molar-refractivity contribution in [3.05, 3.63) is 18.7 Å². The highest BCUT2D eigenvalue weighted by Crippen LogP contribution is 2.25. The number of nitrogens with one attached hydrogen (secondary N) is 1. The molecule has 1 amide bonds. The first-order valence-electron chi connectivity index (χ1n) is 6.83. The molecule has 0 radical (unpaired) electrons. The third kappa shape index (κ3) is 4.09. The third-order valence-electron chi connectivity index (χ3n) is 3.54. The summed E-state index contributed by atoms with van der Waals surface area (Å²) in [5, 5.41) is 12.0. The van der Waals surface area contributed by atoms with Crippen molar-refractivity contribution in [2.75, 3.05) is 6.54 Å². The maximum Gasteiger partial charge on any atom is 0.240 e. The Morgan fingerprint density at radius 2 is 2.16 bits per heavy atom. The van der Waals surface area contributed by atoms with E-state index in [0.717, 1.165) is 19.4 Å². The van der Waals surface area contributed by atoms with Crippen molar-refractivity contribution in [3.8, 4) is 6.07 Å². The second-order valence-corrected chi connectivity index (χ2v) is 4.66. The average molecular weight is 262 g/mol. The lowest BCUT2D eigenvalue weighted by Gasteiger charge is -2.22. The van der Waals surface area contributed by atoms with Gasteiger partial charge in [0.1, 0.15) is 5.41 Å². The fraction of sp³-hybridized carbons (Fsp3) is 0.643. The van der Waals surface area contributed by atoms with Crippen LogP contribution < -0.4 is 5.32 Å². The summed E-state index contributed by atoms with van der Waals surface area (Å²) >= 11 is 0. The second kappa shape index (κ2) is 7.57. The van der Waals surface area contributed by atoms with Gasteiger partial charge in [0, 0.05) is 25.5 Å². The molecule has 0 fully saturated rings. The predicted octanol–water partition coefficient (Wildman–Crippen LogP) is 2.11. The van der Waals surface area contributed by atoms with Crippen LogP contribution in [0.25, 0.3) is 0 Å². The van der Waals surface area contributed by atoms with E-state index in [0.29, 0.717) is 19.4 Å². The Morgan fingerprint density at radius 1 is 1.42 bits per heavy atom. The lowest BCUT2D eigenvalue weighted by molar-refractivity contribution is -0.128. The zero-order valence-electron chi connectivity index (χ0n) is 11.7. The maximum atomic E-state index is 12.0. The van der Waals surface area contributed by atoms with Crippen LogP contribution in [-0.4, -0.2) is 22.0 Å². The fourth-order valence-electron chi connectivity index (χ4n) is 1.99. The van der Waals surface area contributed by atoms with Gasteiger partial charge in [-0.3, -0.25) is 4.79 Å². The quantitative estimate of drug-likeness (QED) is 0.729. The van der Waals surface area contributed by atoms with Gasteiger partial charge in [0.05, 0.1) is 12.4 Å². The van der Waals surface area contributed by atoms with E-state index in [2.05, 4.69) is 16.4 Å². The number of aromatic nitrogens is 2. The fourth-order valence-corrected chi connectivity index (χ4v) is 1.99. The molecule has 1 aromatic rings. The summed E-state index contributed by atoms with van der Waals surface area (Å²) in [4.78, 5) is 16.0. The molecule has 1 aromatic heterocycles. The molecule has 104 valence electrons. The van der Waals surface area contributed by atoms with E-state index in [1.54, 1.807) is 12.5 Å². The highest BCUT2D eigenvalue weighted by molar-refractivity contribution is 5.85. The number of carbonyl (C=O) groups is 1. The molecule has 0 spiro atoms. The van der Waals surface area contributed by atoms with Crippen molar-refractivity contribution in [1.82, 2.24) is 14.9 Å². The van der Waals surface area contributed by atoms with Gasteiger partial charge in [-0.15, -0.1) is 0 Å². The average Bonchev–Trinajstić information content (AvgIpc) is 2.94. The minimum Gasteiger partial charge on any atom is -0.355 e. The van der Waals surface area contributed by atoms with Crippen molar-refractivity contribution >= 4 is 5.91 Å². The Balaban J connectivity index is 2.25. The van der Waals surface area contributed by atoms with E-state index in [-0.39, 0.29) is 5.91 Å². The number of rotatable bonds is 8. The molecule has 0 aromatic carbocycles. The van der Waals surface area contributed by atoms with Crippen LogP contribution in [-0.2, 0) is 11.3 Å². The smallest absolute Gasteiger partial charge is 0.240 e. The standard InChI is InChI=1S/C14H22N4O/c1-3-14(4-2,11-15)13(19)17-7-5-6-9-18-10-8-16-12-18/h8,10,12H,3-7,9H2,1-2H3,(H,17,19). The number of carbonyl (C=O) groups excluding carboxylic acids is 1. The second-order valence-electron chi connectivity index (χ2n) is 4.66. The van der Waals surface area contributed by atoms with Crippen LogP contribution in [0.15, 0.2) is 18.7 Å². The van der Waals surface area contributed by atoms with E-state index in [1.807, 2.05) is 24.6 Å². The van der Waals surface area contributed by atoms with Crippen molar-refractivity contribution in [3.63, 3.8) is 0 Å². The number of nitrogens with zero attached hydrogens (tertiary/aromatic N) is 3. The van der Waals surface area contributed by atoms with Gasteiger partial charge in [-0.25, -0.2) is 4.98 Å². The molecule has 1 N–H and O–H groups in total. The van der Waals surface area contributed by atoms with E-state index in [1.165, 1.54) is 0 Å². The van der Waals surface area contributed by atoms with Crippen molar-refractivity contribution in [2.45, 2.75) is 46.1 Å². The lowest BCUT2D eigenvalue weighted by Crippen LogP contribution is -2.39. The van der Waals surface area contributed by atoms with Gasteiger partial charge in [0.2, 0.25) is 5.91 Å². The molecular formula is C14H22N4O. The van der Waals surface area contributed by atoms with Crippen molar-refractivity contribution in [2.24, 2.45) is 5.41 Å². The van der Waals surface area contributed by atoms with Crippen LogP contribution in [0.3, 0.4) is 0 Å². The molecule has 0 aliphatic heterocycles. The molecule has 0 unspecified atom stereocenters. The van der Waals surface area contributed by atoms with Crippen molar-refractivity contribution < 1.29 is 4.79 Å². The van der Waals surface area contributed by atoms with E-state index >= 15 is 0 Å². The van der Waals surface area contributed by atoms with Crippen LogP contribution in [0.2, 0.25) is 0 Å². The molecule has 1 rings (SSSR count). The molecule has 0 saturated carbocycles. The van der Waals surface area contributed by atoms with Gasteiger partial charge in [-0.05, 0) is 25.7 Å². The van der Waals surface area contributed by atoms with Gasteiger partial charge in [0.25, 0.3) is 0 Å². The summed E-state index contributed by atoms with van der Waals surface area (Å²) < 4.78 is 2.01. The predicted molar refractivity (Wildman–Crippen MR) is 73.1 cm³/mol. The first-order chi connectivity index (χ1) is 9.18. The molecule has 0 aliphatic rings. The zero-order valence-corrected chi connectivity index (χ0v) is 11.7. The van der Waals surface area contributed by atoms with Gasteiger partial charge in [-0.1, -0.05) is 13.8 Å². The summed E-state index contributed by atoms with van der Waals surface area (Å²) in [6.07, 6.45) is 8.46. The summed E-state index contributed by atoms with van der Waals surface area (Å²) in [5.41, 5.74) is -0.857. The normalized spacial score (nSPS) is 11.0. The molecule has 0 atom stereocenters. The largest absolute Gasteiger partial charge is 0.355 e. The summed E-state index contributed by atoms with van der Waals surface area (Å²) in [6.45, 7) is 5.29. The Kier molecular flexibility index (Phi) is 6.07. The van der Waals surface area contributed by atoms with Crippen molar-refractivity contribution in [1.29, 1.82) is 5.26 Å². The minimum absolute atomic E-state index is 0.136. The SMILES string of the molecule is CCC(C#N)(CC)C(=O)NCCCCn1ccnc1. The van der Waals surface area contributed by atoms with Crippen LogP contribution in [0.5, 0.6) is 0 Å². The van der Waals surface area contributed by atoms with E-state index < -0.39 is 5.41 Å². The van der Waals surface area contributed by atoms with Gasteiger partial charge < -0.3 is 9.88 Å². The number of nitriles is 1. The maximum absolute atomic E-state index is 12.0. The molecule has 0 aliphatic carbocycles. The first kappa shape index (κ1) is 15.2. The number of amides is 1. The Bertz CT molecular complexity index is 415. The summed E-state index contributed by atoms with van der Waals surface area (Å²) in [7, 11) is 0. The van der Waals surface area contributed by atoms with Gasteiger partial charge in [0.15, 0.2) is 0 Å². The van der Waals surface area contributed by atoms with E-state index in [9.17, 15) is 4.79 Å². The highest BCUT2D eigenvalue weighted by atomic mass is 16.2. The molecule has 5 heteroatoms. The molecule has 0 bridgehead atoms. The number of unbranched alkanes of at least 4 members (excludes halogenated alkanes) is 1. The van der Waals surface area contributed by atoms with Crippen LogP contribution in [0.4, 0.5) is 0 Å². The topological polar surface area (TPSA) is 70.7 Å². The van der Waals surface area contributed by atoms with Crippen LogP contribution >= 0.6 is 0 Å². The van der Waals surface area contributed by atoms with Crippen LogP contribution in [0.1, 0.15) is 39.5 Å². The van der Waals surface area contributed by atoms with Gasteiger partial charge in [-0.2, -0.15) is 5.26 Å². The lowest BCUT2D eigenvalue weighted by atomic mass is 9.83. The Hall–Kier alpha value is -1.83. The molecule has 19 heavy (non-hydrogen) atoms. The van der Waals surface area contributed by atoms with E-state index in [4.69, 9.17) is 5.26 Å². The minimum atomic E-state index is -0.857. The summed E-state index contributed by atoms with van der Waals surface area (Å²) in [6, 6.07) is 2.15. The monoisotopic (exact) mass is 262 g/mol. The molecule has 5 nitrogen and oxygen atoms in total. The Morgan fingerprint density at radius 3 is 2.68 bits per heavy atom. The van der Waals surface area contributed by atoms with Gasteiger partial charge >= 0.3 is 0 Å². The first-order valence-corrected chi connectivity index (χ1v) is 6.83. The number of aryl methyl sites for hydroxylation is 1. The van der Waals surface area contributed by atoms with Crippen LogP contribution in [0, 0.1) is 16.7 Å².